The molecule has 0 amide bonds. The van der Waals surface area contributed by atoms with Crippen LogP contribution in [0.2, 0.25) is 0 Å². The van der Waals surface area contributed by atoms with Gasteiger partial charge in [-0.3, -0.25) is 4.79 Å². The number of fused-ring (bicyclic) bond motifs is 4. The first-order valence-corrected chi connectivity index (χ1v) is 9.02. The highest BCUT2D eigenvalue weighted by Gasteiger charge is 2.53. The second-order valence-corrected chi connectivity index (χ2v) is 8.05. The third kappa shape index (κ3) is 3.34. The summed E-state index contributed by atoms with van der Waals surface area (Å²) in [5.74, 6) is -0.362. The predicted molar refractivity (Wildman–Crippen MR) is 91.5 cm³/mol. The van der Waals surface area contributed by atoms with Crippen LogP contribution in [0.3, 0.4) is 0 Å². The summed E-state index contributed by atoms with van der Waals surface area (Å²) in [6.07, 6.45) is 7.56. The summed E-state index contributed by atoms with van der Waals surface area (Å²) >= 11 is 0. The molecule has 1 aliphatic carbocycles. The van der Waals surface area contributed by atoms with Gasteiger partial charge in [-0.05, 0) is 65.2 Å². The lowest BCUT2D eigenvalue weighted by atomic mass is 9.83. The van der Waals surface area contributed by atoms with Crippen molar-refractivity contribution >= 4 is 11.8 Å². The van der Waals surface area contributed by atoms with Crippen LogP contribution in [-0.2, 0) is 19.1 Å². The van der Waals surface area contributed by atoms with Gasteiger partial charge in [-0.15, -0.1) is 0 Å². The number of hydrogen-bond acceptors (Lipinski definition) is 4. The summed E-state index contributed by atoms with van der Waals surface area (Å²) in [4.78, 5) is 25.1. The van der Waals surface area contributed by atoms with Crippen LogP contribution in [0.5, 0.6) is 0 Å². The topological polar surface area (TPSA) is 55.9 Å². The SMILES string of the molecule is C=C1C(=O)O[C@]2(C)CC[C@@H]1C[C@@H]1O[C@@]1(C)CC/C=C(\C)CCC2=O. The van der Waals surface area contributed by atoms with E-state index in [-0.39, 0.29) is 23.4 Å². The highest BCUT2D eigenvalue weighted by Crippen LogP contribution is 2.46. The molecule has 0 aromatic carbocycles. The first kappa shape index (κ1) is 17.4. The Bertz CT molecular complexity index is 605. The molecule has 24 heavy (non-hydrogen) atoms. The first-order valence-electron chi connectivity index (χ1n) is 9.02. The van der Waals surface area contributed by atoms with Crippen molar-refractivity contribution in [2.24, 2.45) is 5.92 Å². The van der Waals surface area contributed by atoms with Gasteiger partial charge in [0.1, 0.15) is 0 Å². The van der Waals surface area contributed by atoms with Crippen LogP contribution in [0.4, 0.5) is 0 Å². The Hall–Kier alpha value is -1.42. The quantitative estimate of drug-likeness (QED) is 0.292. The number of allylic oxidation sites excluding steroid dienone is 2. The maximum absolute atomic E-state index is 12.7. The van der Waals surface area contributed by atoms with Gasteiger partial charge in [0.2, 0.25) is 0 Å². The largest absolute Gasteiger partial charge is 0.448 e. The Labute approximate surface area is 144 Å². The van der Waals surface area contributed by atoms with Gasteiger partial charge in [-0.1, -0.05) is 18.2 Å². The van der Waals surface area contributed by atoms with Crippen LogP contribution in [0.25, 0.3) is 0 Å². The smallest absolute Gasteiger partial charge is 0.334 e. The zero-order valence-corrected chi connectivity index (χ0v) is 15.0. The van der Waals surface area contributed by atoms with Crippen molar-refractivity contribution in [3.05, 3.63) is 23.8 Å². The molecule has 0 aromatic heterocycles. The number of epoxide rings is 1. The van der Waals surface area contributed by atoms with E-state index in [1.807, 2.05) is 0 Å². The molecule has 4 atom stereocenters. The molecule has 2 saturated heterocycles. The Balaban J connectivity index is 1.86. The molecule has 3 aliphatic rings. The Kier molecular flexibility index (Phi) is 4.45. The maximum atomic E-state index is 12.7. The highest BCUT2D eigenvalue weighted by atomic mass is 16.6. The minimum Gasteiger partial charge on any atom is -0.448 e. The van der Waals surface area contributed by atoms with Crippen LogP contribution in [0.15, 0.2) is 23.8 Å². The molecular weight excluding hydrogens is 304 g/mol. The molecule has 2 bridgehead atoms. The lowest BCUT2D eigenvalue weighted by Gasteiger charge is -2.26. The van der Waals surface area contributed by atoms with E-state index in [0.717, 1.165) is 32.1 Å². The number of carbonyl (C=O) groups is 2. The fraction of sp³-hybridized carbons (Fsp3) is 0.700. The van der Waals surface area contributed by atoms with E-state index < -0.39 is 11.6 Å². The summed E-state index contributed by atoms with van der Waals surface area (Å²) < 4.78 is 11.5. The molecule has 0 saturated carbocycles. The van der Waals surface area contributed by atoms with Crippen LogP contribution in [0.1, 0.15) is 65.7 Å². The summed E-state index contributed by atoms with van der Waals surface area (Å²) in [5, 5.41) is 0. The minimum absolute atomic E-state index is 0.0154. The van der Waals surface area contributed by atoms with E-state index in [2.05, 4.69) is 26.5 Å². The fourth-order valence-electron chi connectivity index (χ4n) is 3.92. The lowest BCUT2D eigenvalue weighted by Crippen LogP contribution is -2.39. The first-order chi connectivity index (χ1) is 11.2. The average Bonchev–Trinajstić information content (AvgIpc) is 3.18. The summed E-state index contributed by atoms with van der Waals surface area (Å²) in [7, 11) is 0. The van der Waals surface area contributed by atoms with E-state index in [4.69, 9.17) is 9.47 Å². The van der Waals surface area contributed by atoms with Crippen LogP contribution in [-0.4, -0.2) is 29.1 Å². The number of rotatable bonds is 0. The van der Waals surface area contributed by atoms with Gasteiger partial charge >= 0.3 is 5.97 Å². The molecule has 3 rings (SSSR count). The Morgan fingerprint density at radius 1 is 1.21 bits per heavy atom. The van der Waals surface area contributed by atoms with Crippen molar-refractivity contribution in [2.45, 2.75) is 83.0 Å². The van der Waals surface area contributed by atoms with E-state index >= 15 is 0 Å². The number of hydrogen-bond donors (Lipinski definition) is 0. The van der Waals surface area contributed by atoms with Crippen molar-refractivity contribution in [2.75, 3.05) is 0 Å². The number of ketones is 1. The van der Waals surface area contributed by atoms with Crippen molar-refractivity contribution in [3.63, 3.8) is 0 Å². The average molecular weight is 332 g/mol. The molecule has 0 N–H and O–H groups in total. The van der Waals surface area contributed by atoms with Crippen molar-refractivity contribution in [1.29, 1.82) is 0 Å². The zero-order chi connectivity index (χ0) is 17.5. The van der Waals surface area contributed by atoms with E-state index in [0.29, 0.717) is 18.4 Å². The van der Waals surface area contributed by atoms with Gasteiger partial charge in [0.15, 0.2) is 11.4 Å². The van der Waals surface area contributed by atoms with Crippen LogP contribution >= 0.6 is 0 Å². The summed E-state index contributed by atoms with van der Waals surface area (Å²) in [6.45, 7) is 9.92. The van der Waals surface area contributed by atoms with Crippen LogP contribution < -0.4 is 0 Å². The molecule has 2 aliphatic heterocycles. The Morgan fingerprint density at radius 2 is 1.96 bits per heavy atom. The third-order valence-corrected chi connectivity index (χ3v) is 6.05. The fourth-order valence-corrected chi connectivity index (χ4v) is 3.92. The van der Waals surface area contributed by atoms with Crippen molar-refractivity contribution in [1.82, 2.24) is 0 Å². The van der Waals surface area contributed by atoms with E-state index in [1.54, 1.807) is 6.92 Å². The number of esters is 1. The molecule has 0 unspecified atom stereocenters. The summed E-state index contributed by atoms with van der Waals surface area (Å²) in [6, 6.07) is 0. The van der Waals surface area contributed by atoms with E-state index in [9.17, 15) is 9.59 Å². The van der Waals surface area contributed by atoms with Crippen molar-refractivity contribution < 1.29 is 19.1 Å². The molecule has 4 heteroatoms. The predicted octanol–water partition coefficient (Wildman–Crippen LogP) is 3.89. The third-order valence-electron chi connectivity index (χ3n) is 6.05. The van der Waals surface area contributed by atoms with E-state index in [1.165, 1.54) is 5.57 Å². The molecule has 0 aromatic rings. The molecule has 0 radical (unpaired) electrons. The molecule has 2 heterocycles. The molecule has 2 fully saturated rings. The van der Waals surface area contributed by atoms with Gasteiger partial charge < -0.3 is 9.47 Å². The van der Waals surface area contributed by atoms with Gasteiger partial charge in [0.25, 0.3) is 0 Å². The molecule has 0 spiro atoms. The lowest BCUT2D eigenvalue weighted by molar-refractivity contribution is -0.161. The normalized spacial score (nSPS) is 43.1. The standard InChI is InChI=1S/C20H28O4/c1-13-6-5-10-20(4)17(23-20)12-15-9-11-19(3,16(21)8-7-13)24-18(22)14(15)2/h6,15,17H,2,5,7-12H2,1,3-4H3/b13-6+/t15-,17+,19-,20+/m1/s1. The molecule has 4 nitrogen and oxygen atoms in total. The zero-order valence-electron chi connectivity index (χ0n) is 15.0. The number of carbonyl (C=O) groups excluding carboxylic acids is 2. The molecular formula is C20H28O4. The second-order valence-electron chi connectivity index (χ2n) is 8.05. The monoisotopic (exact) mass is 332 g/mol. The second kappa shape index (κ2) is 6.14. The van der Waals surface area contributed by atoms with Gasteiger partial charge in [-0.2, -0.15) is 0 Å². The van der Waals surface area contributed by atoms with Gasteiger partial charge in [-0.25, -0.2) is 4.79 Å². The molecule has 132 valence electrons. The minimum atomic E-state index is -1.02. The van der Waals surface area contributed by atoms with Gasteiger partial charge in [0, 0.05) is 12.0 Å². The van der Waals surface area contributed by atoms with Crippen LogP contribution in [0, 0.1) is 5.92 Å². The number of ether oxygens (including phenoxy) is 2. The highest BCUT2D eigenvalue weighted by molar-refractivity contribution is 5.94. The maximum Gasteiger partial charge on any atom is 0.334 e. The Morgan fingerprint density at radius 3 is 2.71 bits per heavy atom. The van der Waals surface area contributed by atoms with Gasteiger partial charge in [0.05, 0.1) is 11.7 Å². The van der Waals surface area contributed by atoms with Crippen molar-refractivity contribution in [3.8, 4) is 0 Å². The summed E-state index contributed by atoms with van der Waals surface area (Å²) in [5.41, 5.74) is 0.601. The number of Topliss-reactive ketones (excluding diaryl/α,β-unsaturated/α-hetero) is 1.